The number of nitrogens with zero attached hydrogens (tertiary/aromatic N) is 2. The Balaban J connectivity index is 1.47. The third-order valence-electron chi connectivity index (χ3n) is 4.50. The van der Waals surface area contributed by atoms with Gasteiger partial charge in [0.1, 0.15) is 11.5 Å². The third-order valence-corrected chi connectivity index (χ3v) is 4.50. The van der Waals surface area contributed by atoms with Gasteiger partial charge >= 0.3 is 0 Å². The first-order chi connectivity index (χ1) is 9.74. The number of hydrogen-bond donors (Lipinski definition) is 1. The summed E-state index contributed by atoms with van der Waals surface area (Å²) in [4.78, 5) is 5.15. The first kappa shape index (κ1) is 14.1. The minimum absolute atomic E-state index is 0.893. The predicted molar refractivity (Wildman–Crippen MR) is 80.6 cm³/mol. The molecule has 0 amide bonds. The highest BCUT2D eigenvalue weighted by atomic mass is 16.3. The summed E-state index contributed by atoms with van der Waals surface area (Å²) < 4.78 is 5.88. The van der Waals surface area contributed by atoms with E-state index in [9.17, 15) is 0 Å². The molecule has 1 N–H and O–H groups in total. The van der Waals surface area contributed by atoms with E-state index in [-0.39, 0.29) is 0 Å². The van der Waals surface area contributed by atoms with Gasteiger partial charge in [-0.3, -0.25) is 4.90 Å². The van der Waals surface area contributed by atoms with E-state index < -0.39 is 0 Å². The fourth-order valence-corrected chi connectivity index (χ4v) is 3.05. The van der Waals surface area contributed by atoms with Crippen molar-refractivity contribution in [1.82, 2.24) is 15.1 Å². The van der Waals surface area contributed by atoms with E-state index in [4.69, 9.17) is 4.42 Å². The Morgan fingerprint density at radius 3 is 2.55 bits per heavy atom. The van der Waals surface area contributed by atoms with Gasteiger partial charge in [0.2, 0.25) is 0 Å². The molecule has 3 rings (SSSR count). The second kappa shape index (κ2) is 6.29. The number of hydrogen-bond acceptors (Lipinski definition) is 4. The van der Waals surface area contributed by atoms with Gasteiger partial charge in [-0.25, -0.2) is 0 Å². The molecule has 0 unspecified atom stereocenters. The summed E-state index contributed by atoms with van der Waals surface area (Å²) in [5.41, 5.74) is 1.29. The average Bonchev–Trinajstić information content (AvgIpc) is 3.18. The van der Waals surface area contributed by atoms with Crippen LogP contribution in [0.1, 0.15) is 29.9 Å². The van der Waals surface area contributed by atoms with E-state index in [2.05, 4.69) is 28.1 Å². The molecular weight excluding hydrogens is 250 g/mol. The van der Waals surface area contributed by atoms with Gasteiger partial charge in [0.15, 0.2) is 0 Å². The maximum atomic E-state index is 5.88. The molecule has 4 nitrogen and oxygen atoms in total. The third kappa shape index (κ3) is 3.62. The van der Waals surface area contributed by atoms with E-state index >= 15 is 0 Å². The molecule has 4 heteroatoms. The molecule has 0 radical (unpaired) electrons. The van der Waals surface area contributed by atoms with Crippen LogP contribution in [0.4, 0.5) is 0 Å². The van der Waals surface area contributed by atoms with Crippen LogP contribution < -0.4 is 5.32 Å². The molecule has 1 saturated carbocycles. The fourth-order valence-electron chi connectivity index (χ4n) is 3.05. The summed E-state index contributed by atoms with van der Waals surface area (Å²) >= 11 is 0. The van der Waals surface area contributed by atoms with Crippen molar-refractivity contribution >= 4 is 0 Å². The lowest BCUT2D eigenvalue weighted by molar-refractivity contribution is 0.117. The topological polar surface area (TPSA) is 31.6 Å². The zero-order chi connectivity index (χ0) is 13.9. The monoisotopic (exact) mass is 277 g/mol. The van der Waals surface area contributed by atoms with Crippen molar-refractivity contribution in [2.45, 2.75) is 32.9 Å². The molecule has 0 bridgehead atoms. The number of piperazine rings is 1. The van der Waals surface area contributed by atoms with Crippen LogP contribution in [-0.2, 0) is 13.1 Å². The number of nitrogens with one attached hydrogen (secondary N) is 1. The Morgan fingerprint density at radius 1 is 1.20 bits per heavy atom. The first-order valence-corrected chi connectivity index (χ1v) is 7.92. The maximum absolute atomic E-state index is 5.88. The van der Waals surface area contributed by atoms with E-state index in [1.54, 1.807) is 0 Å². The summed E-state index contributed by atoms with van der Waals surface area (Å²) in [5.74, 6) is 3.18. The van der Waals surface area contributed by atoms with Gasteiger partial charge < -0.3 is 14.6 Å². The van der Waals surface area contributed by atoms with Crippen molar-refractivity contribution in [3.63, 3.8) is 0 Å². The van der Waals surface area contributed by atoms with E-state index in [0.29, 0.717) is 0 Å². The van der Waals surface area contributed by atoms with Crippen LogP contribution in [0.15, 0.2) is 10.5 Å². The number of rotatable bonds is 6. The lowest BCUT2D eigenvalue weighted by Crippen LogP contribution is -2.46. The summed E-state index contributed by atoms with van der Waals surface area (Å²) in [6.45, 7) is 10.0. The van der Waals surface area contributed by atoms with Crippen molar-refractivity contribution in [1.29, 1.82) is 0 Å². The Labute approximate surface area is 122 Å². The normalized spacial score (nSPS) is 21.5. The number of furan rings is 1. The molecule has 1 aliphatic carbocycles. The zero-order valence-electron chi connectivity index (χ0n) is 12.8. The highest BCUT2D eigenvalue weighted by Crippen LogP contribution is 2.30. The minimum atomic E-state index is 0.893. The van der Waals surface area contributed by atoms with Gasteiger partial charge in [-0.2, -0.15) is 0 Å². The highest BCUT2D eigenvalue weighted by Gasteiger charge is 2.26. The molecule has 0 atom stereocenters. The second-order valence-electron chi connectivity index (χ2n) is 6.34. The van der Waals surface area contributed by atoms with E-state index in [1.165, 1.54) is 51.1 Å². The molecular formula is C16H27N3O. The Bertz CT molecular complexity index is 431. The van der Waals surface area contributed by atoms with Gasteiger partial charge in [0.05, 0.1) is 6.54 Å². The van der Waals surface area contributed by atoms with Crippen molar-refractivity contribution < 1.29 is 4.42 Å². The van der Waals surface area contributed by atoms with Gasteiger partial charge in [-0.1, -0.05) is 0 Å². The zero-order valence-corrected chi connectivity index (χ0v) is 12.8. The molecule has 1 aromatic rings. The molecule has 2 heterocycles. The minimum Gasteiger partial charge on any atom is -0.465 e. The van der Waals surface area contributed by atoms with Gasteiger partial charge in [-0.15, -0.1) is 0 Å². The smallest absolute Gasteiger partial charge is 0.118 e. The highest BCUT2D eigenvalue weighted by molar-refractivity contribution is 5.20. The molecule has 1 saturated heterocycles. The molecule has 1 aliphatic heterocycles. The van der Waals surface area contributed by atoms with Crippen LogP contribution in [0, 0.1) is 12.8 Å². The van der Waals surface area contributed by atoms with E-state index in [1.807, 2.05) is 7.05 Å². The predicted octanol–water partition coefficient (Wildman–Crippen LogP) is 1.84. The number of aryl methyl sites for hydroxylation is 1. The molecule has 20 heavy (non-hydrogen) atoms. The molecule has 112 valence electrons. The molecule has 2 aliphatic rings. The summed E-state index contributed by atoms with van der Waals surface area (Å²) in [7, 11) is 1.98. The summed E-state index contributed by atoms with van der Waals surface area (Å²) in [6.07, 6.45) is 2.92. The molecule has 0 aromatic carbocycles. The standard InChI is InChI=1S/C16H27N3O/c1-13-15(10-17-2)9-16(20-13)12-19-7-5-18(6-8-19)11-14-3-4-14/h9,14,17H,3-8,10-12H2,1-2H3. The van der Waals surface area contributed by atoms with Crippen LogP contribution in [0.5, 0.6) is 0 Å². The lowest BCUT2D eigenvalue weighted by Gasteiger charge is -2.34. The van der Waals surface area contributed by atoms with Gasteiger partial charge in [0.25, 0.3) is 0 Å². The maximum Gasteiger partial charge on any atom is 0.118 e. The van der Waals surface area contributed by atoms with Crippen molar-refractivity contribution in [3.8, 4) is 0 Å². The summed E-state index contributed by atoms with van der Waals surface area (Å²) in [5, 5.41) is 3.19. The van der Waals surface area contributed by atoms with Crippen molar-refractivity contribution in [2.75, 3.05) is 39.8 Å². The molecule has 1 aromatic heterocycles. The average molecular weight is 277 g/mol. The fraction of sp³-hybridized carbons (Fsp3) is 0.750. The van der Waals surface area contributed by atoms with Crippen LogP contribution >= 0.6 is 0 Å². The Morgan fingerprint density at radius 2 is 1.90 bits per heavy atom. The van der Waals surface area contributed by atoms with Crippen LogP contribution in [0.2, 0.25) is 0 Å². The quantitative estimate of drug-likeness (QED) is 0.860. The van der Waals surface area contributed by atoms with Crippen LogP contribution in [0.25, 0.3) is 0 Å². The lowest BCUT2D eigenvalue weighted by atomic mass is 10.2. The Kier molecular flexibility index (Phi) is 4.44. The molecule has 2 fully saturated rings. The molecule has 0 spiro atoms. The van der Waals surface area contributed by atoms with Gasteiger partial charge in [-0.05, 0) is 38.8 Å². The van der Waals surface area contributed by atoms with Crippen LogP contribution in [0.3, 0.4) is 0 Å². The van der Waals surface area contributed by atoms with Crippen molar-refractivity contribution in [3.05, 3.63) is 23.2 Å². The first-order valence-electron chi connectivity index (χ1n) is 7.92. The SMILES string of the molecule is CNCc1cc(CN2CCN(CC3CC3)CC2)oc1C. The van der Waals surface area contributed by atoms with Gasteiger partial charge in [0, 0.05) is 44.8 Å². The Hall–Kier alpha value is -0.840. The summed E-state index contributed by atoms with van der Waals surface area (Å²) in [6, 6.07) is 2.21. The van der Waals surface area contributed by atoms with Crippen molar-refractivity contribution in [2.24, 2.45) is 5.92 Å². The van der Waals surface area contributed by atoms with Crippen LogP contribution in [-0.4, -0.2) is 49.6 Å². The largest absolute Gasteiger partial charge is 0.465 e. The van der Waals surface area contributed by atoms with E-state index in [0.717, 1.165) is 30.5 Å². The second-order valence-corrected chi connectivity index (χ2v) is 6.34.